The molecule has 0 saturated carbocycles. The largest absolute Gasteiger partial charge is 0.478 e. The number of halogens is 2. The Morgan fingerprint density at radius 3 is 1.67 bits per heavy atom. The fourth-order valence-electron chi connectivity index (χ4n) is 3.71. The molecule has 215 valence electrons. The van der Waals surface area contributed by atoms with Gasteiger partial charge >= 0.3 is 5.97 Å². The molecule has 4 aromatic carbocycles. The van der Waals surface area contributed by atoms with Crippen LogP contribution in [-0.2, 0) is 18.6 Å². The van der Waals surface area contributed by atoms with Crippen LogP contribution in [-0.4, -0.2) is 37.6 Å². The number of carbonyl (C=O) groups excluding carboxylic acids is 1. The number of aromatic carboxylic acids is 1. The van der Waals surface area contributed by atoms with Gasteiger partial charge in [-0.2, -0.15) is 9.97 Å². The molecule has 2 aromatic heterocycles. The van der Waals surface area contributed by atoms with E-state index in [0.717, 1.165) is 6.29 Å². The van der Waals surface area contributed by atoms with E-state index in [1.54, 1.807) is 66.7 Å². The zero-order valence-corrected chi connectivity index (χ0v) is 22.8. The maximum absolute atomic E-state index is 13.7. The fourth-order valence-corrected chi connectivity index (χ4v) is 3.71. The number of benzene rings is 4. The van der Waals surface area contributed by atoms with Gasteiger partial charge in [-0.15, -0.1) is 0 Å². The molecule has 6 aromatic rings. The van der Waals surface area contributed by atoms with Crippen LogP contribution in [0, 0.1) is 11.6 Å². The first-order valence-electron chi connectivity index (χ1n) is 12.0. The van der Waals surface area contributed by atoms with Crippen LogP contribution >= 0.6 is 0 Å². The Morgan fingerprint density at radius 1 is 0.698 bits per heavy atom. The van der Waals surface area contributed by atoms with E-state index in [1.165, 1.54) is 30.3 Å². The maximum atomic E-state index is 13.7. The molecular formula is C31H22F2N4O5V. The molecule has 6 rings (SSSR count). The summed E-state index contributed by atoms with van der Waals surface area (Å²) in [7, 11) is 0. The predicted molar refractivity (Wildman–Crippen MR) is 149 cm³/mol. The molecule has 0 aliphatic heterocycles. The Balaban J connectivity index is 0.000000225. The van der Waals surface area contributed by atoms with Crippen molar-refractivity contribution in [2.75, 3.05) is 0 Å². The summed E-state index contributed by atoms with van der Waals surface area (Å²) in [5, 5.41) is 16.5. The summed E-state index contributed by atoms with van der Waals surface area (Å²) in [6, 6.07) is 25.1. The number of hydrogen-bond donors (Lipinski definition) is 1. The number of nitrogens with zero attached hydrogens (tertiary/aromatic N) is 4. The molecule has 43 heavy (non-hydrogen) atoms. The van der Waals surface area contributed by atoms with Gasteiger partial charge in [0.1, 0.15) is 17.9 Å². The van der Waals surface area contributed by atoms with Gasteiger partial charge in [-0.05, 0) is 42.5 Å². The molecule has 2 heterocycles. The predicted octanol–water partition coefficient (Wildman–Crippen LogP) is 7.23. The molecule has 0 saturated heterocycles. The number of hydrogen-bond acceptors (Lipinski definition) is 8. The van der Waals surface area contributed by atoms with Gasteiger partial charge in [-0.3, -0.25) is 4.79 Å². The first kappa shape index (κ1) is 32.3. The van der Waals surface area contributed by atoms with Gasteiger partial charge in [-0.1, -0.05) is 72.3 Å². The average molecular weight is 619 g/mol. The number of aldehydes is 1. The standard InChI is InChI=1S/C15H9FN2O3.C15H9FN2O2.CH4.V/c16-12-7-2-1-6-11(12)14-17-13(18-21-14)9-4-3-5-10(8-9)15(19)20;16-13-7-2-1-6-12(13)15-17-14(18-20-15)11-5-3-4-10(8-11)9-19;;/h1-8H,(H,19,20);1-9H;1H4;. The van der Waals surface area contributed by atoms with Crippen LogP contribution in [0.5, 0.6) is 0 Å². The van der Waals surface area contributed by atoms with Crippen LogP contribution in [0.2, 0.25) is 0 Å². The summed E-state index contributed by atoms with van der Waals surface area (Å²) in [6.45, 7) is 0. The Morgan fingerprint density at radius 2 is 1.19 bits per heavy atom. The third kappa shape index (κ3) is 7.53. The first-order chi connectivity index (χ1) is 19.9. The van der Waals surface area contributed by atoms with E-state index >= 15 is 0 Å². The van der Waals surface area contributed by atoms with Gasteiger partial charge in [0.05, 0.1) is 16.7 Å². The monoisotopic (exact) mass is 619 g/mol. The van der Waals surface area contributed by atoms with Crippen molar-refractivity contribution in [2.24, 2.45) is 0 Å². The summed E-state index contributed by atoms with van der Waals surface area (Å²) < 4.78 is 37.4. The average Bonchev–Trinajstić information content (AvgIpc) is 3.69. The number of carboxylic acids is 1. The van der Waals surface area contributed by atoms with E-state index in [9.17, 15) is 18.4 Å². The van der Waals surface area contributed by atoms with Crippen molar-refractivity contribution in [3.63, 3.8) is 0 Å². The van der Waals surface area contributed by atoms with E-state index in [0.29, 0.717) is 22.5 Å². The van der Waals surface area contributed by atoms with Gasteiger partial charge < -0.3 is 14.2 Å². The molecular weight excluding hydrogens is 597 g/mol. The minimum Gasteiger partial charge on any atom is -0.478 e. The molecule has 12 heteroatoms. The van der Waals surface area contributed by atoms with Crippen molar-refractivity contribution in [3.05, 3.63) is 120 Å². The summed E-state index contributed by atoms with van der Waals surface area (Å²) in [5.74, 6) is -1.27. The second-order valence-corrected chi connectivity index (χ2v) is 8.44. The van der Waals surface area contributed by atoms with E-state index in [4.69, 9.17) is 14.2 Å². The van der Waals surface area contributed by atoms with Crippen LogP contribution in [0.25, 0.3) is 45.7 Å². The van der Waals surface area contributed by atoms with E-state index < -0.39 is 17.6 Å². The molecule has 0 unspecified atom stereocenters. The van der Waals surface area contributed by atoms with E-state index in [1.807, 2.05) is 0 Å². The Bertz CT molecular complexity index is 1860. The zero-order valence-electron chi connectivity index (χ0n) is 21.4. The van der Waals surface area contributed by atoms with Crippen LogP contribution in [0.4, 0.5) is 8.78 Å². The van der Waals surface area contributed by atoms with Gasteiger partial charge in [-0.25, -0.2) is 13.6 Å². The molecule has 0 atom stereocenters. The van der Waals surface area contributed by atoms with Crippen molar-refractivity contribution >= 4 is 12.3 Å². The van der Waals surface area contributed by atoms with Crippen molar-refractivity contribution in [1.29, 1.82) is 0 Å². The smallest absolute Gasteiger partial charge is 0.335 e. The molecule has 0 fully saturated rings. The SMILES string of the molecule is C.O=C(O)c1cccc(-c2noc(-c3ccccc3F)n2)c1.O=Cc1cccc(-c2noc(-c3ccccc3F)n2)c1.[V]. The van der Waals surface area contributed by atoms with Gasteiger partial charge in [0.2, 0.25) is 11.6 Å². The molecule has 0 aliphatic carbocycles. The van der Waals surface area contributed by atoms with Gasteiger partial charge in [0.25, 0.3) is 11.8 Å². The normalized spacial score (nSPS) is 10.0. The van der Waals surface area contributed by atoms with Crippen molar-refractivity contribution < 1.29 is 51.1 Å². The third-order valence-electron chi connectivity index (χ3n) is 5.71. The van der Waals surface area contributed by atoms with Crippen molar-refractivity contribution in [3.8, 4) is 45.7 Å². The third-order valence-corrected chi connectivity index (χ3v) is 5.71. The van der Waals surface area contributed by atoms with Crippen molar-refractivity contribution in [1.82, 2.24) is 20.3 Å². The Labute approximate surface area is 256 Å². The van der Waals surface area contributed by atoms with Gasteiger partial charge in [0.15, 0.2) is 0 Å². The number of aromatic nitrogens is 4. The molecule has 0 amide bonds. The summed E-state index contributed by atoms with van der Waals surface area (Å²) >= 11 is 0. The van der Waals surface area contributed by atoms with Crippen LogP contribution in [0.3, 0.4) is 0 Å². The van der Waals surface area contributed by atoms with Crippen LogP contribution in [0.15, 0.2) is 106 Å². The summed E-state index contributed by atoms with van der Waals surface area (Å²) in [4.78, 5) is 29.9. The molecule has 1 radical (unpaired) electrons. The minimum atomic E-state index is -1.05. The first-order valence-corrected chi connectivity index (χ1v) is 12.0. The number of rotatable bonds is 6. The molecule has 0 bridgehead atoms. The van der Waals surface area contributed by atoms with Crippen LogP contribution < -0.4 is 0 Å². The molecule has 0 spiro atoms. The quantitative estimate of drug-likeness (QED) is 0.192. The Hall–Kier alpha value is -5.26. The maximum Gasteiger partial charge on any atom is 0.335 e. The van der Waals surface area contributed by atoms with Crippen molar-refractivity contribution in [2.45, 2.75) is 7.43 Å². The summed E-state index contributed by atoms with van der Waals surface area (Å²) in [6.07, 6.45) is 0.737. The fraction of sp³-hybridized carbons (Fsp3) is 0.0323. The molecule has 0 aliphatic rings. The number of carboxylic acid groups (broad SMARTS) is 1. The van der Waals surface area contributed by atoms with E-state index in [2.05, 4.69) is 20.3 Å². The minimum absolute atomic E-state index is 0. The van der Waals surface area contributed by atoms with Crippen LogP contribution in [0.1, 0.15) is 28.1 Å². The zero-order chi connectivity index (χ0) is 28.8. The topological polar surface area (TPSA) is 132 Å². The summed E-state index contributed by atoms with van der Waals surface area (Å²) in [5.41, 5.74) is 2.20. The number of carbonyl (C=O) groups is 2. The molecule has 9 nitrogen and oxygen atoms in total. The second kappa shape index (κ2) is 14.6. The Kier molecular flexibility index (Phi) is 10.9. The molecule has 1 N–H and O–H groups in total. The van der Waals surface area contributed by atoms with Gasteiger partial charge in [0, 0.05) is 35.2 Å². The van der Waals surface area contributed by atoms with E-state index in [-0.39, 0.29) is 60.3 Å². The second-order valence-electron chi connectivity index (χ2n) is 8.44.